The van der Waals surface area contributed by atoms with Gasteiger partial charge in [-0.3, -0.25) is 4.79 Å². The number of hydrogen-bond donors (Lipinski definition) is 1. The smallest absolute Gasteiger partial charge is 0.224 e. The summed E-state index contributed by atoms with van der Waals surface area (Å²) in [6.45, 7) is 0.355. The number of fused-ring (bicyclic) bond motifs is 1. The van der Waals surface area contributed by atoms with E-state index in [9.17, 15) is 9.18 Å². The Balaban J connectivity index is 1.39. The van der Waals surface area contributed by atoms with E-state index in [2.05, 4.69) is 5.32 Å². The van der Waals surface area contributed by atoms with Crippen molar-refractivity contribution in [3.05, 3.63) is 71.7 Å². The quantitative estimate of drug-likeness (QED) is 0.791. The Morgan fingerprint density at radius 2 is 1.96 bits per heavy atom. The molecule has 2 atom stereocenters. The number of para-hydroxylation sites is 1. The average molecular weight is 309 g/mol. The van der Waals surface area contributed by atoms with E-state index < -0.39 is 0 Å². The molecule has 1 amide bonds. The summed E-state index contributed by atoms with van der Waals surface area (Å²) < 4.78 is 19.4. The van der Waals surface area contributed by atoms with Crippen LogP contribution in [0.15, 0.2) is 59.0 Å². The van der Waals surface area contributed by atoms with Gasteiger partial charge in [0.2, 0.25) is 5.91 Å². The van der Waals surface area contributed by atoms with Crippen molar-refractivity contribution in [2.75, 3.05) is 0 Å². The van der Waals surface area contributed by atoms with E-state index in [1.165, 1.54) is 6.07 Å². The highest BCUT2D eigenvalue weighted by Crippen LogP contribution is 2.48. The molecule has 0 bridgehead atoms. The number of carbonyl (C=O) groups is 1. The van der Waals surface area contributed by atoms with Gasteiger partial charge in [0.25, 0.3) is 0 Å². The molecule has 0 spiro atoms. The Morgan fingerprint density at radius 3 is 2.78 bits per heavy atom. The summed E-state index contributed by atoms with van der Waals surface area (Å²) in [6.07, 6.45) is 0.701. The van der Waals surface area contributed by atoms with E-state index in [4.69, 9.17) is 4.42 Å². The Kier molecular flexibility index (Phi) is 3.37. The average Bonchev–Trinajstić information content (AvgIpc) is 3.24. The standard InChI is InChI=1S/C19H16FNO2/c20-17-7-3-2-6-14(17)15-10-16(15)19(22)21-11-13-9-12-5-1-4-8-18(12)23-13/h1-9,15-16H,10-11H2,(H,21,22). The van der Waals surface area contributed by atoms with Crippen LogP contribution in [0.2, 0.25) is 0 Å². The van der Waals surface area contributed by atoms with Gasteiger partial charge in [-0.15, -0.1) is 0 Å². The van der Waals surface area contributed by atoms with Crippen LogP contribution in [-0.2, 0) is 11.3 Å². The molecule has 4 heteroatoms. The highest BCUT2D eigenvalue weighted by molar-refractivity contribution is 5.83. The molecule has 3 aromatic rings. The van der Waals surface area contributed by atoms with Gasteiger partial charge in [0.15, 0.2) is 0 Å². The summed E-state index contributed by atoms with van der Waals surface area (Å²) in [4.78, 5) is 12.2. The van der Waals surface area contributed by atoms with Gasteiger partial charge in [-0.1, -0.05) is 36.4 Å². The first-order valence-electron chi connectivity index (χ1n) is 7.72. The maximum absolute atomic E-state index is 13.7. The molecule has 1 fully saturated rings. The fourth-order valence-corrected chi connectivity index (χ4v) is 3.03. The molecule has 1 saturated carbocycles. The van der Waals surface area contributed by atoms with Crippen molar-refractivity contribution in [2.24, 2.45) is 5.92 Å². The van der Waals surface area contributed by atoms with E-state index in [1.54, 1.807) is 18.2 Å². The fraction of sp³-hybridized carbons (Fsp3) is 0.211. The van der Waals surface area contributed by atoms with Gasteiger partial charge in [0.05, 0.1) is 6.54 Å². The lowest BCUT2D eigenvalue weighted by Gasteiger charge is -2.04. The molecule has 23 heavy (non-hydrogen) atoms. The first kappa shape index (κ1) is 14.0. The Bertz CT molecular complexity index is 837. The molecule has 2 aromatic carbocycles. The van der Waals surface area contributed by atoms with Crippen LogP contribution in [0, 0.1) is 11.7 Å². The number of rotatable bonds is 4. The molecule has 1 heterocycles. The van der Waals surface area contributed by atoms with Gasteiger partial charge in [0, 0.05) is 11.3 Å². The van der Waals surface area contributed by atoms with Gasteiger partial charge >= 0.3 is 0 Å². The largest absolute Gasteiger partial charge is 0.459 e. The summed E-state index contributed by atoms with van der Waals surface area (Å²) in [5, 5.41) is 3.91. The third-order valence-corrected chi connectivity index (χ3v) is 4.35. The van der Waals surface area contributed by atoms with Crippen molar-refractivity contribution < 1.29 is 13.6 Å². The topological polar surface area (TPSA) is 42.2 Å². The molecule has 1 aliphatic rings. The predicted octanol–water partition coefficient (Wildman–Crippen LogP) is 3.99. The van der Waals surface area contributed by atoms with Crippen LogP contribution >= 0.6 is 0 Å². The van der Waals surface area contributed by atoms with Crippen LogP contribution in [0.4, 0.5) is 4.39 Å². The lowest BCUT2D eigenvalue weighted by molar-refractivity contribution is -0.122. The molecule has 3 nitrogen and oxygen atoms in total. The maximum atomic E-state index is 13.7. The highest BCUT2D eigenvalue weighted by Gasteiger charge is 2.44. The van der Waals surface area contributed by atoms with Gasteiger partial charge in [-0.2, -0.15) is 0 Å². The summed E-state index contributed by atoms with van der Waals surface area (Å²) >= 11 is 0. The van der Waals surface area contributed by atoms with Crippen molar-refractivity contribution in [1.82, 2.24) is 5.32 Å². The molecule has 1 N–H and O–H groups in total. The molecule has 1 aliphatic carbocycles. The fourth-order valence-electron chi connectivity index (χ4n) is 3.03. The summed E-state index contributed by atoms with van der Waals surface area (Å²) in [5.41, 5.74) is 1.45. The molecule has 4 rings (SSSR count). The normalized spacial score (nSPS) is 19.7. The maximum Gasteiger partial charge on any atom is 0.224 e. The molecular formula is C19H16FNO2. The second kappa shape index (κ2) is 5.54. The van der Waals surface area contributed by atoms with Crippen molar-refractivity contribution in [3.8, 4) is 0 Å². The van der Waals surface area contributed by atoms with Crippen LogP contribution in [0.5, 0.6) is 0 Å². The highest BCUT2D eigenvalue weighted by atomic mass is 19.1. The molecular weight excluding hydrogens is 293 g/mol. The minimum atomic E-state index is -0.231. The SMILES string of the molecule is O=C(NCc1cc2ccccc2o1)C1CC1c1ccccc1F. The second-order valence-electron chi connectivity index (χ2n) is 5.94. The van der Waals surface area contributed by atoms with Crippen LogP contribution in [-0.4, -0.2) is 5.91 Å². The first-order chi connectivity index (χ1) is 11.2. The summed E-state index contributed by atoms with van der Waals surface area (Å²) in [6, 6.07) is 16.3. The molecule has 0 aliphatic heterocycles. The van der Waals surface area contributed by atoms with Crippen molar-refractivity contribution >= 4 is 16.9 Å². The Labute approximate surface area is 133 Å². The van der Waals surface area contributed by atoms with Crippen molar-refractivity contribution in [2.45, 2.75) is 18.9 Å². The Hall–Kier alpha value is -2.62. The summed E-state index contributed by atoms with van der Waals surface area (Å²) in [7, 11) is 0. The molecule has 2 unspecified atom stereocenters. The summed E-state index contributed by atoms with van der Waals surface area (Å²) in [5.74, 6) is 0.301. The zero-order valence-corrected chi connectivity index (χ0v) is 12.5. The molecule has 0 saturated heterocycles. The van der Waals surface area contributed by atoms with E-state index >= 15 is 0 Å². The number of benzene rings is 2. The molecule has 1 aromatic heterocycles. The molecule has 0 radical (unpaired) electrons. The van der Waals surface area contributed by atoms with Crippen LogP contribution in [0.25, 0.3) is 11.0 Å². The van der Waals surface area contributed by atoms with Crippen LogP contribution in [0.1, 0.15) is 23.7 Å². The third kappa shape index (κ3) is 2.72. The van der Waals surface area contributed by atoms with Gasteiger partial charge in [0.1, 0.15) is 17.2 Å². The second-order valence-corrected chi connectivity index (χ2v) is 5.94. The van der Waals surface area contributed by atoms with E-state index in [0.29, 0.717) is 18.5 Å². The zero-order valence-electron chi connectivity index (χ0n) is 12.5. The van der Waals surface area contributed by atoms with Crippen LogP contribution in [0.3, 0.4) is 0 Å². The number of nitrogens with one attached hydrogen (secondary N) is 1. The van der Waals surface area contributed by atoms with Crippen molar-refractivity contribution in [3.63, 3.8) is 0 Å². The van der Waals surface area contributed by atoms with Gasteiger partial charge in [-0.25, -0.2) is 4.39 Å². The lowest BCUT2D eigenvalue weighted by atomic mass is 10.1. The van der Waals surface area contributed by atoms with E-state index in [1.807, 2.05) is 30.3 Å². The zero-order chi connectivity index (χ0) is 15.8. The lowest BCUT2D eigenvalue weighted by Crippen LogP contribution is -2.24. The van der Waals surface area contributed by atoms with E-state index in [-0.39, 0.29) is 23.6 Å². The minimum absolute atomic E-state index is 0.00752. The number of furan rings is 1. The van der Waals surface area contributed by atoms with Gasteiger partial charge in [-0.05, 0) is 36.1 Å². The first-order valence-corrected chi connectivity index (χ1v) is 7.72. The van der Waals surface area contributed by atoms with Crippen molar-refractivity contribution in [1.29, 1.82) is 0 Å². The number of hydrogen-bond acceptors (Lipinski definition) is 2. The minimum Gasteiger partial charge on any atom is -0.459 e. The third-order valence-electron chi connectivity index (χ3n) is 4.35. The monoisotopic (exact) mass is 309 g/mol. The Morgan fingerprint density at radius 1 is 1.17 bits per heavy atom. The van der Waals surface area contributed by atoms with Gasteiger partial charge < -0.3 is 9.73 Å². The van der Waals surface area contributed by atoms with Crippen LogP contribution < -0.4 is 5.32 Å². The van der Waals surface area contributed by atoms with E-state index in [0.717, 1.165) is 16.7 Å². The predicted molar refractivity (Wildman–Crippen MR) is 85.3 cm³/mol. The number of halogens is 1. The molecule has 116 valence electrons. The number of amides is 1. The number of carbonyl (C=O) groups excluding carboxylic acids is 1.